The third kappa shape index (κ3) is 5.54. The van der Waals surface area contributed by atoms with Crippen LogP contribution in [0.5, 0.6) is 0 Å². The Morgan fingerprint density at radius 3 is 2.29 bits per heavy atom. The maximum atomic E-state index is 14.5. The van der Waals surface area contributed by atoms with Crippen LogP contribution in [0.4, 0.5) is 8.78 Å². The first-order valence-corrected chi connectivity index (χ1v) is 12.3. The van der Waals surface area contributed by atoms with E-state index in [1.165, 1.54) is 24.3 Å². The first-order valence-electron chi connectivity index (χ1n) is 12.3. The molecule has 2 fully saturated rings. The van der Waals surface area contributed by atoms with Crippen molar-refractivity contribution in [2.45, 2.75) is 65.5 Å². The summed E-state index contributed by atoms with van der Waals surface area (Å²) in [4.78, 5) is 30.0. The number of Topliss-reactive ketones (excluding diaryl/α,β-unsaturated/α-hetero) is 1. The monoisotopic (exact) mass is 468 g/mol. The molecule has 0 aromatic heterocycles. The molecule has 0 bridgehead atoms. The van der Waals surface area contributed by atoms with Gasteiger partial charge in [0.25, 0.3) is 0 Å². The van der Waals surface area contributed by atoms with E-state index in [1.807, 2.05) is 11.8 Å². The highest BCUT2D eigenvalue weighted by molar-refractivity contribution is 5.97. The van der Waals surface area contributed by atoms with Crippen LogP contribution in [0.25, 0.3) is 0 Å². The highest BCUT2D eigenvalue weighted by Gasteiger charge is 2.33. The fourth-order valence-electron chi connectivity index (χ4n) is 5.47. The highest BCUT2D eigenvalue weighted by Crippen LogP contribution is 2.28. The zero-order valence-corrected chi connectivity index (χ0v) is 20.4. The standard InChI is InChI=1S/C28H34F2N2O2/c1-18-10-23(13-25(29)11-18)27(33)15-22-12-26(30)14-24(20(22)3)17-31-8-9-32(19(2)16-31)28(34)21-6-4-5-7-21/h10-14,19,21H,4-9,15-17H2,1-3H3/t19-/m0/s1. The molecule has 1 aliphatic carbocycles. The molecular formula is C28H34F2N2O2. The van der Waals surface area contributed by atoms with Crippen molar-refractivity contribution in [2.24, 2.45) is 5.92 Å². The summed E-state index contributed by atoms with van der Waals surface area (Å²) in [5, 5.41) is 0. The fraction of sp³-hybridized carbons (Fsp3) is 0.500. The Bertz CT molecular complexity index is 1060. The number of piperazine rings is 1. The normalized spacial score (nSPS) is 19.6. The molecule has 1 saturated heterocycles. The van der Waals surface area contributed by atoms with Crippen molar-refractivity contribution in [3.63, 3.8) is 0 Å². The number of benzene rings is 2. The number of carbonyl (C=O) groups is 2. The van der Waals surface area contributed by atoms with Crippen molar-refractivity contribution in [2.75, 3.05) is 19.6 Å². The van der Waals surface area contributed by atoms with Gasteiger partial charge in [-0.2, -0.15) is 0 Å². The van der Waals surface area contributed by atoms with Crippen LogP contribution in [0.3, 0.4) is 0 Å². The molecule has 0 radical (unpaired) electrons. The molecule has 4 rings (SSSR count). The highest BCUT2D eigenvalue weighted by atomic mass is 19.1. The molecular weight excluding hydrogens is 434 g/mol. The van der Waals surface area contributed by atoms with Gasteiger partial charge in [0.05, 0.1) is 0 Å². The third-order valence-corrected chi connectivity index (χ3v) is 7.40. The largest absolute Gasteiger partial charge is 0.337 e. The molecule has 1 atom stereocenters. The molecule has 0 spiro atoms. The molecule has 182 valence electrons. The van der Waals surface area contributed by atoms with Gasteiger partial charge >= 0.3 is 0 Å². The van der Waals surface area contributed by atoms with E-state index >= 15 is 0 Å². The average Bonchev–Trinajstić information content (AvgIpc) is 3.31. The molecule has 2 aromatic rings. The summed E-state index contributed by atoms with van der Waals surface area (Å²) >= 11 is 0. The second-order valence-corrected chi connectivity index (χ2v) is 10.1. The van der Waals surface area contributed by atoms with Gasteiger partial charge in [-0.15, -0.1) is 0 Å². The van der Waals surface area contributed by atoms with Gasteiger partial charge in [0.1, 0.15) is 11.6 Å². The van der Waals surface area contributed by atoms with Crippen LogP contribution in [0, 0.1) is 31.4 Å². The van der Waals surface area contributed by atoms with Crippen molar-refractivity contribution >= 4 is 11.7 Å². The lowest BCUT2D eigenvalue weighted by atomic mass is 9.94. The minimum atomic E-state index is -0.445. The van der Waals surface area contributed by atoms with E-state index in [0.717, 1.165) is 49.9 Å². The zero-order valence-electron chi connectivity index (χ0n) is 20.4. The average molecular weight is 469 g/mol. The topological polar surface area (TPSA) is 40.6 Å². The van der Waals surface area contributed by atoms with Crippen molar-refractivity contribution in [1.29, 1.82) is 0 Å². The summed E-state index contributed by atoms with van der Waals surface area (Å²) in [5.74, 6) is -0.571. The van der Waals surface area contributed by atoms with Crippen LogP contribution in [-0.2, 0) is 17.8 Å². The van der Waals surface area contributed by atoms with Crippen LogP contribution in [0.2, 0.25) is 0 Å². The summed E-state index contributed by atoms with van der Waals surface area (Å²) in [6, 6.07) is 7.34. The number of amides is 1. The van der Waals surface area contributed by atoms with Gasteiger partial charge in [-0.25, -0.2) is 8.78 Å². The molecule has 1 amide bonds. The van der Waals surface area contributed by atoms with Crippen molar-refractivity contribution in [1.82, 2.24) is 9.80 Å². The number of halogens is 2. The fourth-order valence-corrected chi connectivity index (χ4v) is 5.47. The molecule has 2 aliphatic rings. The van der Waals surface area contributed by atoms with Crippen LogP contribution < -0.4 is 0 Å². The number of aryl methyl sites for hydroxylation is 1. The van der Waals surface area contributed by atoms with Gasteiger partial charge in [-0.1, -0.05) is 12.8 Å². The summed E-state index contributed by atoms with van der Waals surface area (Å²) in [6.07, 6.45) is 4.33. The van der Waals surface area contributed by atoms with E-state index in [-0.39, 0.29) is 30.0 Å². The summed E-state index contributed by atoms with van der Waals surface area (Å²) in [7, 11) is 0. The quantitative estimate of drug-likeness (QED) is 0.545. The number of nitrogens with zero attached hydrogens (tertiary/aromatic N) is 2. The van der Waals surface area contributed by atoms with Crippen molar-refractivity contribution in [3.8, 4) is 0 Å². The van der Waals surface area contributed by atoms with E-state index in [9.17, 15) is 18.4 Å². The van der Waals surface area contributed by atoms with Crippen molar-refractivity contribution < 1.29 is 18.4 Å². The minimum absolute atomic E-state index is 0.0273. The molecule has 34 heavy (non-hydrogen) atoms. The first kappa shape index (κ1) is 24.5. The molecule has 6 heteroatoms. The van der Waals surface area contributed by atoms with Crippen molar-refractivity contribution in [3.05, 3.63) is 69.8 Å². The number of hydrogen-bond acceptors (Lipinski definition) is 3. The zero-order chi connectivity index (χ0) is 24.4. The Kier molecular flexibility index (Phi) is 7.46. The summed E-state index contributed by atoms with van der Waals surface area (Å²) in [5.41, 5.74) is 3.35. The lowest BCUT2D eigenvalue weighted by molar-refractivity contribution is -0.140. The number of hydrogen-bond donors (Lipinski definition) is 0. The molecule has 2 aromatic carbocycles. The lowest BCUT2D eigenvalue weighted by Gasteiger charge is -2.41. The number of carbonyl (C=O) groups excluding carboxylic acids is 2. The Morgan fingerprint density at radius 1 is 0.941 bits per heavy atom. The van der Waals surface area contributed by atoms with Crippen LogP contribution >= 0.6 is 0 Å². The second kappa shape index (κ2) is 10.3. The molecule has 1 aliphatic heterocycles. The summed E-state index contributed by atoms with van der Waals surface area (Å²) in [6.45, 7) is 8.49. The second-order valence-electron chi connectivity index (χ2n) is 10.1. The van der Waals surface area contributed by atoms with Gasteiger partial charge in [0.2, 0.25) is 5.91 Å². The lowest BCUT2D eigenvalue weighted by Crippen LogP contribution is -2.54. The predicted octanol–water partition coefficient (Wildman–Crippen LogP) is 5.23. The molecule has 1 saturated carbocycles. The van der Waals surface area contributed by atoms with Gasteiger partial charge in [0, 0.05) is 50.1 Å². The van der Waals surface area contributed by atoms with Gasteiger partial charge in [-0.05, 0) is 86.2 Å². The van der Waals surface area contributed by atoms with Crippen LogP contribution in [-0.4, -0.2) is 47.2 Å². The van der Waals surface area contributed by atoms with E-state index in [2.05, 4.69) is 11.8 Å². The molecule has 4 nitrogen and oxygen atoms in total. The van der Waals surface area contributed by atoms with Crippen LogP contribution in [0.15, 0.2) is 30.3 Å². The van der Waals surface area contributed by atoms with E-state index in [4.69, 9.17) is 0 Å². The SMILES string of the molecule is Cc1cc(F)cc(C(=O)Cc2cc(F)cc(CN3CCN(C(=O)C4CCCC4)[C@@H](C)C3)c2C)c1. The smallest absolute Gasteiger partial charge is 0.226 e. The van der Waals surface area contributed by atoms with E-state index in [1.54, 1.807) is 13.0 Å². The van der Waals surface area contributed by atoms with Crippen LogP contribution in [0.1, 0.15) is 65.2 Å². The first-order chi connectivity index (χ1) is 16.2. The number of rotatable bonds is 6. The maximum absolute atomic E-state index is 14.5. The molecule has 0 unspecified atom stereocenters. The Morgan fingerprint density at radius 2 is 1.62 bits per heavy atom. The van der Waals surface area contributed by atoms with Gasteiger partial charge in [0.15, 0.2) is 5.78 Å². The Hall–Kier alpha value is -2.60. The maximum Gasteiger partial charge on any atom is 0.226 e. The van der Waals surface area contributed by atoms with E-state index in [0.29, 0.717) is 35.7 Å². The third-order valence-electron chi connectivity index (χ3n) is 7.40. The van der Waals surface area contributed by atoms with Gasteiger partial charge < -0.3 is 4.90 Å². The summed E-state index contributed by atoms with van der Waals surface area (Å²) < 4.78 is 28.3. The Balaban J connectivity index is 1.44. The van der Waals surface area contributed by atoms with Gasteiger partial charge in [-0.3, -0.25) is 14.5 Å². The molecule has 1 heterocycles. The molecule has 0 N–H and O–H groups in total. The Labute approximate surface area is 200 Å². The predicted molar refractivity (Wildman–Crippen MR) is 129 cm³/mol. The number of ketones is 1. The minimum Gasteiger partial charge on any atom is -0.337 e. The van der Waals surface area contributed by atoms with E-state index < -0.39 is 5.82 Å².